The minimum Gasteiger partial charge on any atom is -0.369 e. The SMILES string of the molecule is CNC(CN1CCN(c2cccc(C)c2)CC1)C(N)=O. The first-order chi connectivity index (χ1) is 9.60. The molecule has 3 N–H and O–H groups in total. The number of nitrogens with two attached hydrogens (primary N) is 1. The van der Waals surface area contributed by atoms with Crippen molar-refractivity contribution in [3.8, 4) is 0 Å². The number of carbonyl (C=O) groups excluding carboxylic acids is 1. The number of anilines is 1. The zero-order chi connectivity index (χ0) is 14.5. The fraction of sp³-hybridized carbons (Fsp3) is 0.533. The predicted octanol–water partition coefficient (Wildman–Crippen LogP) is 0.190. The van der Waals surface area contributed by atoms with Crippen molar-refractivity contribution in [1.82, 2.24) is 10.2 Å². The Hall–Kier alpha value is -1.59. The standard InChI is InChI=1S/C15H24N4O/c1-12-4-3-5-13(10-12)19-8-6-18(7-9-19)11-14(17-2)15(16)20/h3-5,10,14,17H,6-9,11H2,1-2H3,(H2,16,20). The number of amides is 1. The molecule has 1 aromatic rings. The van der Waals surface area contributed by atoms with Crippen molar-refractivity contribution in [1.29, 1.82) is 0 Å². The smallest absolute Gasteiger partial charge is 0.235 e. The number of likely N-dealkylation sites (N-methyl/N-ethyl adjacent to an activating group) is 1. The lowest BCUT2D eigenvalue weighted by molar-refractivity contribution is -0.120. The molecular formula is C15H24N4O. The Balaban J connectivity index is 1.88. The first-order valence-electron chi connectivity index (χ1n) is 7.10. The van der Waals surface area contributed by atoms with E-state index in [2.05, 4.69) is 46.3 Å². The Kier molecular flexibility index (Phi) is 4.98. The van der Waals surface area contributed by atoms with E-state index in [0.29, 0.717) is 6.54 Å². The van der Waals surface area contributed by atoms with Crippen molar-refractivity contribution in [2.24, 2.45) is 5.73 Å². The molecule has 0 bridgehead atoms. The van der Waals surface area contributed by atoms with E-state index in [1.54, 1.807) is 7.05 Å². The topological polar surface area (TPSA) is 61.6 Å². The van der Waals surface area contributed by atoms with Gasteiger partial charge in [-0.2, -0.15) is 0 Å². The van der Waals surface area contributed by atoms with Crippen LogP contribution in [0.25, 0.3) is 0 Å². The Morgan fingerprint density at radius 2 is 2.05 bits per heavy atom. The summed E-state index contributed by atoms with van der Waals surface area (Å²) in [5.74, 6) is -0.284. The van der Waals surface area contributed by atoms with Gasteiger partial charge in [0.05, 0.1) is 6.04 Å². The number of piperazine rings is 1. The van der Waals surface area contributed by atoms with Gasteiger partial charge in [-0.05, 0) is 31.7 Å². The third kappa shape index (κ3) is 3.71. The lowest BCUT2D eigenvalue weighted by Gasteiger charge is -2.37. The summed E-state index contributed by atoms with van der Waals surface area (Å²) in [7, 11) is 1.78. The minimum atomic E-state index is -0.284. The van der Waals surface area contributed by atoms with Crippen LogP contribution in [-0.4, -0.2) is 56.6 Å². The van der Waals surface area contributed by atoms with Gasteiger partial charge < -0.3 is 16.0 Å². The molecule has 0 aliphatic carbocycles. The van der Waals surface area contributed by atoms with Crippen LogP contribution in [0.4, 0.5) is 5.69 Å². The van der Waals surface area contributed by atoms with Crippen molar-refractivity contribution in [2.75, 3.05) is 44.7 Å². The molecule has 0 saturated carbocycles. The van der Waals surface area contributed by atoms with Crippen molar-refractivity contribution >= 4 is 11.6 Å². The molecule has 1 unspecified atom stereocenters. The molecule has 1 aliphatic heterocycles. The highest BCUT2D eigenvalue weighted by atomic mass is 16.1. The van der Waals surface area contributed by atoms with E-state index in [9.17, 15) is 4.79 Å². The molecule has 5 nitrogen and oxygen atoms in total. The quantitative estimate of drug-likeness (QED) is 0.806. The largest absolute Gasteiger partial charge is 0.369 e. The number of nitrogens with zero attached hydrogens (tertiary/aromatic N) is 2. The Morgan fingerprint density at radius 3 is 2.60 bits per heavy atom. The third-order valence-electron chi connectivity index (χ3n) is 3.87. The van der Waals surface area contributed by atoms with Crippen molar-refractivity contribution in [3.05, 3.63) is 29.8 Å². The lowest BCUT2D eigenvalue weighted by atomic mass is 10.2. The maximum absolute atomic E-state index is 11.3. The second-order valence-corrected chi connectivity index (χ2v) is 5.37. The van der Waals surface area contributed by atoms with Gasteiger partial charge in [-0.3, -0.25) is 9.69 Å². The van der Waals surface area contributed by atoms with Crippen molar-refractivity contribution in [3.63, 3.8) is 0 Å². The average Bonchev–Trinajstić information content (AvgIpc) is 2.45. The maximum atomic E-state index is 11.3. The van der Waals surface area contributed by atoms with Crippen LogP contribution in [0, 0.1) is 6.92 Å². The van der Waals surface area contributed by atoms with Gasteiger partial charge in [-0.15, -0.1) is 0 Å². The normalized spacial score (nSPS) is 18.0. The van der Waals surface area contributed by atoms with Gasteiger partial charge in [0.1, 0.15) is 0 Å². The molecule has 2 rings (SSSR count). The van der Waals surface area contributed by atoms with E-state index in [1.807, 2.05) is 0 Å². The van der Waals surface area contributed by atoms with Gasteiger partial charge in [0.25, 0.3) is 0 Å². The number of hydrogen-bond acceptors (Lipinski definition) is 4. The molecule has 1 aromatic carbocycles. The number of nitrogens with one attached hydrogen (secondary N) is 1. The fourth-order valence-corrected chi connectivity index (χ4v) is 2.60. The monoisotopic (exact) mass is 276 g/mol. The van der Waals surface area contributed by atoms with Crippen LogP contribution in [-0.2, 0) is 4.79 Å². The van der Waals surface area contributed by atoms with E-state index in [-0.39, 0.29) is 11.9 Å². The van der Waals surface area contributed by atoms with Crippen LogP contribution in [0.5, 0.6) is 0 Å². The fourth-order valence-electron chi connectivity index (χ4n) is 2.60. The van der Waals surface area contributed by atoms with Crippen LogP contribution >= 0.6 is 0 Å². The molecule has 1 aliphatic rings. The number of rotatable bonds is 5. The molecule has 1 saturated heterocycles. The Labute approximate surface area is 120 Å². The molecule has 110 valence electrons. The molecule has 0 radical (unpaired) electrons. The first kappa shape index (κ1) is 14.8. The molecule has 20 heavy (non-hydrogen) atoms. The van der Waals surface area contributed by atoms with E-state index >= 15 is 0 Å². The van der Waals surface area contributed by atoms with Crippen LogP contribution in [0.3, 0.4) is 0 Å². The van der Waals surface area contributed by atoms with Gasteiger partial charge in [0, 0.05) is 38.4 Å². The first-order valence-corrected chi connectivity index (χ1v) is 7.10. The number of primary amides is 1. The average molecular weight is 276 g/mol. The Morgan fingerprint density at radius 1 is 1.35 bits per heavy atom. The van der Waals surface area contributed by atoms with Gasteiger partial charge in [-0.25, -0.2) is 0 Å². The molecule has 5 heteroatoms. The van der Waals surface area contributed by atoms with Crippen LogP contribution < -0.4 is 16.0 Å². The highest BCUT2D eigenvalue weighted by Gasteiger charge is 2.22. The molecular weight excluding hydrogens is 252 g/mol. The zero-order valence-corrected chi connectivity index (χ0v) is 12.3. The zero-order valence-electron chi connectivity index (χ0n) is 12.3. The number of hydrogen-bond donors (Lipinski definition) is 2. The molecule has 0 aromatic heterocycles. The summed E-state index contributed by atoms with van der Waals surface area (Å²) in [6.45, 7) is 6.69. The molecule has 1 fully saturated rings. The molecule has 1 atom stereocenters. The highest BCUT2D eigenvalue weighted by Crippen LogP contribution is 2.17. The number of benzene rings is 1. The summed E-state index contributed by atoms with van der Waals surface area (Å²) in [5.41, 5.74) is 7.93. The second-order valence-electron chi connectivity index (χ2n) is 5.37. The number of aryl methyl sites for hydroxylation is 1. The second kappa shape index (κ2) is 6.72. The molecule has 1 amide bonds. The van der Waals surface area contributed by atoms with Crippen LogP contribution in [0.1, 0.15) is 5.56 Å². The van der Waals surface area contributed by atoms with Crippen LogP contribution in [0.15, 0.2) is 24.3 Å². The predicted molar refractivity (Wildman–Crippen MR) is 81.9 cm³/mol. The van der Waals surface area contributed by atoms with Gasteiger partial charge in [-0.1, -0.05) is 12.1 Å². The molecule has 0 spiro atoms. The highest BCUT2D eigenvalue weighted by molar-refractivity contribution is 5.80. The summed E-state index contributed by atoms with van der Waals surface area (Å²) >= 11 is 0. The minimum absolute atomic E-state index is 0.263. The van der Waals surface area contributed by atoms with Crippen LogP contribution in [0.2, 0.25) is 0 Å². The van der Waals surface area contributed by atoms with Gasteiger partial charge in [0.15, 0.2) is 0 Å². The molecule has 1 heterocycles. The lowest BCUT2D eigenvalue weighted by Crippen LogP contribution is -2.53. The summed E-state index contributed by atoms with van der Waals surface area (Å²) in [5, 5.41) is 2.97. The third-order valence-corrected chi connectivity index (χ3v) is 3.87. The van der Waals surface area contributed by atoms with E-state index in [0.717, 1.165) is 26.2 Å². The van der Waals surface area contributed by atoms with E-state index in [1.165, 1.54) is 11.3 Å². The van der Waals surface area contributed by atoms with E-state index in [4.69, 9.17) is 5.73 Å². The van der Waals surface area contributed by atoms with Gasteiger partial charge in [0.2, 0.25) is 5.91 Å². The summed E-state index contributed by atoms with van der Waals surface area (Å²) in [6, 6.07) is 8.32. The Bertz CT molecular complexity index is 455. The maximum Gasteiger partial charge on any atom is 0.235 e. The summed E-state index contributed by atoms with van der Waals surface area (Å²) in [4.78, 5) is 15.9. The summed E-state index contributed by atoms with van der Waals surface area (Å²) in [6.07, 6.45) is 0. The summed E-state index contributed by atoms with van der Waals surface area (Å²) < 4.78 is 0. The number of carbonyl (C=O) groups is 1. The van der Waals surface area contributed by atoms with Crippen molar-refractivity contribution in [2.45, 2.75) is 13.0 Å². The van der Waals surface area contributed by atoms with Gasteiger partial charge >= 0.3 is 0 Å². The van der Waals surface area contributed by atoms with E-state index < -0.39 is 0 Å². The van der Waals surface area contributed by atoms with Crippen molar-refractivity contribution < 1.29 is 4.79 Å².